The summed E-state index contributed by atoms with van der Waals surface area (Å²) in [6, 6.07) is 10.4. The zero-order valence-electron chi connectivity index (χ0n) is 9.58. The van der Waals surface area contributed by atoms with Gasteiger partial charge in [-0.25, -0.2) is 4.39 Å². The first-order chi connectivity index (χ1) is 8.99. The van der Waals surface area contributed by atoms with E-state index in [1.54, 1.807) is 24.3 Å². The van der Waals surface area contributed by atoms with Gasteiger partial charge in [-0.05, 0) is 52.3 Å². The standard InChI is InChI=1S/C13H9BrClFN2S/c14-11-9(13(17)18)5-6-10(12(11)16)19-8-3-1-7(15)2-4-8/h1-6H,(H3,17,18). The van der Waals surface area contributed by atoms with Gasteiger partial charge >= 0.3 is 0 Å². The molecule has 0 atom stereocenters. The fourth-order valence-corrected chi connectivity index (χ4v) is 3.12. The van der Waals surface area contributed by atoms with E-state index >= 15 is 0 Å². The van der Waals surface area contributed by atoms with Crippen LogP contribution in [-0.4, -0.2) is 5.84 Å². The molecule has 2 rings (SSSR count). The molecule has 0 amide bonds. The molecule has 0 unspecified atom stereocenters. The van der Waals surface area contributed by atoms with E-state index in [9.17, 15) is 4.39 Å². The van der Waals surface area contributed by atoms with Gasteiger partial charge in [-0.15, -0.1) is 0 Å². The van der Waals surface area contributed by atoms with Crippen LogP contribution in [0.25, 0.3) is 0 Å². The number of nitrogens with one attached hydrogen (secondary N) is 1. The summed E-state index contributed by atoms with van der Waals surface area (Å²) in [5.41, 5.74) is 5.71. The van der Waals surface area contributed by atoms with Gasteiger partial charge in [0.15, 0.2) is 5.82 Å². The van der Waals surface area contributed by atoms with Crippen molar-refractivity contribution in [1.29, 1.82) is 5.41 Å². The Balaban J connectivity index is 2.34. The molecule has 0 spiro atoms. The first-order valence-electron chi connectivity index (χ1n) is 5.25. The summed E-state index contributed by atoms with van der Waals surface area (Å²) < 4.78 is 14.3. The lowest BCUT2D eigenvalue weighted by Crippen LogP contribution is -2.12. The summed E-state index contributed by atoms with van der Waals surface area (Å²) in [5.74, 6) is -0.596. The van der Waals surface area contributed by atoms with Gasteiger partial charge in [0.25, 0.3) is 0 Å². The highest BCUT2D eigenvalue weighted by molar-refractivity contribution is 9.10. The van der Waals surface area contributed by atoms with Crippen LogP contribution >= 0.6 is 39.3 Å². The monoisotopic (exact) mass is 358 g/mol. The first kappa shape index (κ1) is 14.4. The molecule has 0 radical (unpaired) electrons. The van der Waals surface area contributed by atoms with E-state index in [1.165, 1.54) is 11.8 Å². The number of rotatable bonds is 3. The average molecular weight is 360 g/mol. The molecule has 0 saturated carbocycles. The average Bonchev–Trinajstić information content (AvgIpc) is 2.37. The molecule has 2 nitrogen and oxygen atoms in total. The summed E-state index contributed by atoms with van der Waals surface area (Å²) in [5, 5.41) is 7.98. The van der Waals surface area contributed by atoms with Crippen LogP contribution < -0.4 is 5.73 Å². The molecule has 2 aromatic rings. The van der Waals surface area contributed by atoms with Crippen molar-refractivity contribution in [1.82, 2.24) is 0 Å². The zero-order valence-corrected chi connectivity index (χ0v) is 12.7. The molecule has 98 valence electrons. The third-order valence-electron chi connectivity index (χ3n) is 2.38. The molecule has 3 N–H and O–H groups in total. The van der Waals surface area contributed by atoms with Gasteiger partial charge in [0.2, 0.25) is 0 Å². The Kier molecular flexibility index (Phi) is 4.50. The predicted octanol–water partition coefficient (Wildman–Crippen LogP) is 4.68. The van der Waals surface area contributed by atoms with Crippen molar-refractivity contribution < 1.29 is 4.39 Å². The minimum atomic E-state index is -0.423. The van der Waals surface area contributed by atoms with Crippen LogP contribution in [-0.2, 0) is 0 Å². The normalized spacial score (nSPS) is 10.5. The number of nitrogens with two attached hydrogens (primary N) is 1. The van der Waals surface area contributed by atoms with Crippen LogP contribution in [0.1, 0.15) is 5.56 Å². The number of hydrogen-bond donors (Lipinski definition) is 2. The highest BCUT2D eigenvalue weighted by Crippen LogP contribution is 2.34. The van der Waals surface area contributed by atoms with Gasteiger partial charge in [0.1, 0.15) is 5.84 Å². The van der Waals surface area contributed by atoms with Gasteiger partial charge < -0.3 is 5.73 Å². The van der Waals surface area contributed by atoms with Crippen LogP contribution in [0.3, 0.4) is 0 Å². The fraction of sp³-hybridized carbons (Fsp3) is 0. The highest BCUT2D eigenvalue weighted by Gasteiger charge is 2.13. The van der Waals surface area contributed by atoms with Gasteiger partial charge in [0.05, 0.1) is 4.47 Å². The Morgan fingerprint density at radius 1 is 1.21 bits per heavy atom. The van der Waals surface area contributed by atoms with Gasteiger partial charge in [-0.3, -0.25) is 5.41 Å². The lowest BCUT2D eigenvalue weighted by Gasteiger charge is -2.08. The quantitative estimate of drug-likeness (QED) is 0.617. The second-order valence-electron chi connectivity index (χ2n) is 3.71. The molecule has 0 aliphatic carbocycles. The lowest BCUT2D eigenvalue weighted by atomic mass is 10.2. The minimum absolute atomic E-state index is 0.172. The molecule has 0 fully saturated rings. The SMILES string of the molecule is N=C(N)c1ccc(Sc2ccc(Cl)cc2)c(F)c1Br. The molecule has 0 aromatic heterocycles. The van der Waals surface area contributed by atoms with E-state index in [-0.39, 0.29) is 10.3 Å². The van der Waals surface area contributed by atoms with Crippen LogP contribution in [0.2, 0.25) is 5.02 Å². The Hall–Kier alpha value is -1.04. The molecule has 6 heteroatoms. The maximum absolute atomic E-state index is 14.1. The predicted molar refractivity (Wildman–Crippen MR) is 80.7 cm³/mol. The van der Waals surface area contributed by atoms with E-state index in [1.807, 2.05) is 12.1 Å². The molecule has 2 aromatic carbocycles. The third-order valence-corrected chi connectivity index (χ3v) is 4.45. The maximum atomic E-state index is 14.1. The Bertz CT molecular complexity index is 631. The largest absolute Gasteiger partial charge is 0.384 e. The van der Waals surface area contributed by atoms with Crippen LogP contribution in [0.4, 0.5) is 4.39 Å². The number of amidine groups is 1. The summed E-state index contributed by atoms with van der Waals surface area (Å²) in [7, 11) is 0. The van der Waals surface area contributed by atoms with Gasteiger partial charge in [-0.2, -0.15) is 0 Å². The van der Waals surface area contributed by atoms with Crippen molar-refractivity contribution in [3.8, 4) is 0 Å². The fourth-order valence-electron chi connectivity index (χ4n) is 1.45. The van der Waals surface area contributed by atoms with Crippen LogP contribution in [0.15, 0.2) is 50.7 Å². The van der Waals surface area contributed by atoms with E-state index in [4.69, 9.17) is 22.7 Å². The first-order valence-corrected chi connectivity index (χ1v) is 7.23. The van der Waals surface area contributed by atoms with E-state index in [0.717, 1.165) is 4.90 Å². The van der Waals surface area contributed by atoms with E-state index in [0.29, 0.717) is 15.5 Å². The van der Waals surface area contributed by atoms with Crippen molar-refractivity contribution in [2.24, 2.45) is 5.73 Å². The van der Waals surface area contributed by atoms with Gasteiger partial charge in [-0.1, -0.05) is 23.4 Å². The topological polar surface area (TPSA) is 49.9 Å². The highest BCUT2D eigenvalue weighted by atomic mass is 79.9. The maximum Gasteiger partial charge on any atom is 0.152 e. The molecular weight excluding hydrogens is 351 g/mol. The molecule has 0 aliphatic heterocycles. The number of nitrogen functional groups attached to an aromatic ring is 1. The molecular formula is C13H9BrClFN2S. The van der Waals surface area contributed by atoms with Gasteiger partial charge in [0, 0.05) is 20.4 Å². The Morgan fingerprint density at radius 3 is 2.42 bits per heavy atom. The van der Waals surface area contributed by atoms with Crippen molar-refractivity contribution >= 4 is 45.1 Å². The van der Waals surface area contributed by atoms with Crippen LogP contribution in [0.5, 0.6) is 0 Å². The minimum Gasteiger partial charge on any atom is -0.384 e. The number of hydrogen-bond acceptors (Lipinski definition) is 2. The van der Waals surface area contributed by atoms with Crippen LogP contribution in [0, 0.1) is 11.2 Å². The Labute approximate surface area is 127 Å². The summed E-state index contributed by atoms with van der Waals surface area (Å²) in [6.07, 6.45) is 0. The second-order valence-corrected chi connectivity index (χ2v) is 6.05. The lowest BCUT2D eigenvalue weighted by molar-refractivity contribution is 0.594. The smallest absolute Gasteiger partial charge is 0.152 e. The summed E-state index contributed by atoms with van der Waals surface area (Å²) in [6.45, 7) is 0. The number of halogens is 3. The molecule has 0 heterocycles. The molecule has 19 heavy (non-hydrogen) atoms. The molecule has 0 saturated heterocycles. The summed E-state index contributed by atoms with van der Waals surface area (Å²) >= 11 is 10.2. The number of benzene rings is 2. The third kappa shape index (κ3) is 3.29. The van der Waals surface area contributed by atoms with E-state index < -0.39 is 5.82 Å². The summed E-state index contributed by atoms with van der Waals surface area (Å²) in [4.78, 5) is 1.34. The Morgan fingerprint density at radius 2 is 1.84 bits per heavy atom. The van der Waals surface area contributed by atoms with Crippen molar-refractivity contribution in [2.45, 2.75) is 9.79 Å². The van der Waals surface area contributed by atoms with E-state index in [2.05, 4.69) is 15.9 Å². The van der Waals surface area contributed by atoms with Crippen molar-refractivity contribution in [3.63, 3.8) is 0 Å². The zero-order chi connectivity index (χ0) is 14.0. The second kappa shape index (κ2) is 5.94. The van der Waals surface area contributed by atoms with Crippen molar-refractivity contribution in [3.05, 3.63) is 57.3 Å². The molecule has 0 bridgehead atoms. The molecule has 0 aliphatic rings. The van der Waals surface area contributed by atoms with Crippen molar-refractivity contribution in [2.75, 3.05) is 0 Å².